The molecule has 0 aromatic carbocycles. The van der Waals surface area contributed by atoms with Gasteiger partial charge in [-0.05, 0) is 11.8 Å². The number of Topliss-reactive ketones (excluding diaryl/α,β-unsaturated/α-hetero) is 1. The molecule has 18 nitrogen and oxygen atoms in total. The van der Waals surface area contributed by atoms with E-state index in [1.807, 2.05) is 0 Å². The van der Waals surface area contributed by atoms with Gasteiger partial charge in [-0.1, -0.05) is 0 Å². The molecule has 0 aliphatic carbocycles. The van der Waals surface area contributed by atoms with Gasteiger partial charge in [0, 0.05) is 0 Å². The van der Waals surface area contributed by atoms with Crippen molar-refractivity contribution < 1.29 is 50.6 Å². The number of aliphatic imine (C=N–C) groups is 1. The second-order valence-corrected chi connectivity index (χ2v) is 13.8. The van der Waals surface area contributed by atoms with Crippen molar-refractivity contribution in [2.45, 2.75) is 55.6 Å². The molecule has 10 atom stereocenters. The number of imidazole rings is 2. The highest BCUT2D eigenvalue weighted by Crippen LogP contribution is 2.54. The zero-order chi connectivity index (χ0) is 31.8. The molecular weight excluding hydrogens is 665 g/mol. The van der Waals surface area contributed by atoms with Crippen LogP contribution in [-0.4, -0.2) is 103 Å². The highest BCUT2D eigenvalue weighted by Gasteiger charge is 2.53. The van der Waals surface area contributed by atoms with Crippen LogP contribution < -0.4 is 11.5 Å². The van der Waals surface area contributed by atoms with E-state index in [1.54, 1.807) is 0 Å². The molecule has 4 aliphatic rings. The quantitative estimate of drug-likeness (QED) is 0.234. The van der Waals surface area contributed by atoms with Gasteiger partial charge in [0.15, 0.2) is 53.6 Å². The number of nitrogens with two attached hydrogens (primary N) is 2. The first-order chi connectivity index (χ1) is 21.3. The summed E-state index contributed by atoms with van der Waals surface area (Å²) >= 11 is 5.17. The van der Waals surface area contributed by atoms with Gasteiger partial charge in [0.25, 0.3) is 0 Å². The van der Waals surface area contributed by atoms with Gasteiger partial charge in [0.1, 0.15) is 49.6 Å². The van der Waals surface area contributed by atoms with Crippen LogP contribution in [0.3, 0.4) is 0 Å². The largest absolute Gasteiger partial charge is 0.387 e. The number of carbonyl (C=O) groups excluding carboxylic acids is 1. The van der Waals surface area contributed by atoms with Gasteiger partial charge >= 0.3 is 6.72 Å². The minimum atomic E-state index is -4.25. The van der Waals surface area contributed by atoms with Crippen LogP contribution in [-0.2, 0) is 43.9 Å². The van der Waals surface area contributed by atoms with Crippen LogP contribution in [0.4, 0.5) is 20.4 Å². The summed E-state index contributed by atoms with van der Waals surface area (Å²) in [7, 11) is -5.13. The van der Waals surface area contributed by atoms with Crippen LogP contribution in [0, 0.1) is 0 Å². The lowest BCUT2D eigenvalue weighted by atomic mass is 10.1. The summed E-state index contributed by atoms with van der Waals surface area (Å²) in [4.78, 5) is 43.5. The first-order valence-electron chi connectivity index (χ1n) is 12.9. The van der Waals surface area contributed by atoms with E-state index in [0.29, 0.717) is 0 Å². The van der Waals surface area contributed by atoms with Gasteiger partial charge in [-0.2, -0.15) is 0 Å². The smallest absolute Gasteiger partial charge is 0.325 e. The summed E-state index contributed by atoms with van der Waals surface area (Å²) in [5, 5.41) is 0. The van der Waals surface area contributed by atoms with Gasteiger partial charge in [-0.15, -0.1) is 0 Å². The Morgan fingerprint density at radius 3 is 2.36 bits per heavy atom. The van der Waals surface area contributed by atoms with E-state index in [4.69, 9.17) is 50.8 Å². The molecule has 4 aliphatic heterocycles. The third-order valence-electron chi connectivity index (χ3n) is 7.30. The van der Waals surface area contributed by atoms with Crippen molar-refractivity contribution in [3.63, 3.8) is 0 Å². The molecule has 7 rings (SSSR count). The van der Waals surface area contributed by atoms with E-state index in [9.17, 15) is 14.3 Å². The maximum absolute atomic E-state index is 16.0. The van der Waals surface area contributed by atoms with Gasteiger partial charge in [-0.3, -0.25) is 18.5 Å². The van der Waals surface area contributed by atoms with Crippen molar-refractivity contribution in [1.82, 2.24) is 29.1 Å². The topological polar surface area (TPSA) is 236 Å². The molecule has 242 valence electrons. The molecule has 3 aromatic heterocycles. The Morgan fingerprint density at radius 1 is 0.978 bits per heavy atom. The number of nitrogens with zero attached hydrogens (tertiary/aromatic N) is 7. The number of halogens is 2. The average Bonchev–Trinajstić information content (AvgIpc) is 3.72. The number of ether oxygens (including phenoxy) is 2. The van der Waals surface area contributed by atoms with Crippen LogP contribution >= 0.6 is 14.2 Å². The second-order valence-electron chi connectivity index (χ2n) is 10.1. The number of anilines is 1. The van der Waals surface area contributed by atoms with E-state index in [1.165, 1.54) is 17.2 Å². The Labute approximate surface area is 257 Å². The molecule has 0 spiro atoms. The number of ketones is 1. The highest BCUT2D eigenvalue weighted by atomic mass is 32.5. The Bertz CT molecular complexity index is 1820. The van der Waals surface area contributed by atoms with Crippen molar-refractivity contribution in [3.05, 3.63) is 24.7 Å². The number of hydrogen-bond donors (Lipinski definition) is 3. The minimum Gasteiger partial charge on any atom is -0.387 e. The second kappa shape index (κ2) is 11.2. The molecular formula is C21H25BF2N9O9P2S-. The fourth-order valence-electron chi connectivity index (χ4n) is 5.30. The first kappa shape index (κ1) is 30.9. The van der Waals surface area contributed by atoms with Crippen LogP contribution in [0.25, 0.3) is 11.2 Å². The number of rotatable bonds is 2. The summed E-state index contributed by atoms with van der Waals surface area (Å²) in [5.74, 6) is -0.359. The predicted molar refractivity (Wildman–Crippen MR) is 156 cm³/mol. The summed E-state index contributed by atoms with van der Waals surface area (Å²) in [6.45, 7) is -5.38. The van der Waals surface area contributed by atoms with Crippen molar-refractivity contribution in [3.8, 4) is 0 Å². The third kappa shape index (κ3) is 5.52. The molecule has 45 heavy (non-hydrogen) atoms. The van der Waals surface area contributed by atoms with E-state index in [2.05, 4.69) is 24.9 Å². The van der Waals surface area contributed by atoms with Crippen LogP contribution in [0.1, 0.15) is 29.4 Å². The standard InChI is InChI=1S/C21H25BF2N9O9P2S/c22-43(35)37-2-8-16(12(24)21(39-8)33-5-29-13-7(34)1-10(25)31-19(13)33)42-44(36,45)38-3-9-15(41-43)11(23)20(40-9)32-6-30-14-17(26)27-4-28-18(14)32/h4-6,8-9,11-12,15-16,20-21H,1-3H2,22H3,(H2,25,31)(H,36,45)(H2,26,27,28)/q-1/t8-,9?,11-,12-,15-,16-,20-,21-,43?,44?/m1/s1. The highest BCUT2D eigenvalue weighted by molar-refractivity contribution is 8.07. The molecule has 7 heterocycles. The lowest BCUT2D eigenvalue weighted by molar-refractivity contribution is -0.0568. The lowest BCUT2D eigenvalue weighted by Gasteiger charge is -2.31. The number of hydrogen-bond acceptors (Lipinski definition) is 16. The summed E-state index contributed by atoms with van der Waals surface area (Å²) in [6, 6.07) is 0. The van der Waals surface area contributed by atoms with Crippen molar-refractivity contribution in [2.24, 2.45) is 10.7 Å². The molecule has 3 unspecified atom stereocenters. The summed E-state index contributed by atoms with van der Waals surface area (Å²) in [6.07, 6.45) is -9.04. The first-order valence-corrected chi connectivity index (χ1v) is 16.6. The third-order valence-corrected chi connectivity index (χ3v) is 9.64. The van der Waals surface area contributed by atoms with Gasteiger partial charge < -0.3 is 44.0 Å². The molecule has 5 N–H and O–H groups in total. The molecule has 3 saturated heterocycles. The maximum atomic E-state index is 16.0. The van der Waals surface area contributed by atoms with E-state index < -0.39 is 90.0 Å². The average molecular weight is 690 g/mol. The number of amidine groups is 1. The van der Waals surface area contributed by atoms with Crippen molar-refractivity contribution in [2.75, 3.05) is 18.9 Å². The fourth-order valence-corrected chi connectivity index (χ4v) is 7.52. The Hall–Kier alpha value is -2.78. The molecule has 0 bridgehead atoms. The van der Waals surface area contributed by atoms with Gasteiger partial charge in [0.2, 0.25) is 0 Å². The van der Waals surface area contributed by atoms with Crippen LogP contribution in [0.2, 0.25) is 0 Å². The number of carbonyl (C=O) groups is 1. The van der Waals surface area contributed by atoms with Crippen LogP contribution in [0.15, 0.2) is 24.0 Å². The van der Waals surface area contributed by atoms with Gasteiger partial charge in [0.05, 0.1) is 39.9 Å². The minimum absolute atomic E-state index is 0.00536. The Kier molecular flexibility index (Phi) is 7.67. The zero-order valence-electron chi connectivity index (χ0n) is 22.0. The monoisotopic (exact) mass is 690 g/mol. The number of aromatic nitrogens is 6. The van der Waals surface area contributed by atoms with Crippen molar-refractivity contribution >= 4 is 68.0 Å². The van der Waals surface area contributed by atoms with E-state index in [0.717, 1.165) is 10.9 Å². The molecule has 0 saturated carbocycles. The molecule has 0 radical (unpaired) electrons. The van der Waals surface area contributed by atoms with Crippen LogP contribution in [0.5, 0.6) is 0 Å². The van der Waals surface area contributed by atoms with Gasteiger partial charge in [-0.25, -0.2) is 33.7 Å². The molecule has 3 aromatic rings. The van der Waals surface area contributed by atoms with Crippen molar-refractivity contribution in [1.29, 1.82) is 0 Å². The zero-order valence-corrected chi connectivity index (χ0v) is 24.6. The predicted octanol–water partition coefficient (Wildman–Crippen LogP) is -0.141. The maximum Gasteiger partial charge on any atom is 0.325 e. The Balaban J connectivity index is 1.16. The summed E-state index contributed by atoms with van der Waals surface area (Å²) < 4.78 is 82.3. The SMILES string of the molecule is [BH3-]P1(=O)OC[C@H]2O[C@@H](n3cnc4c3N=C(N)CC4=O)[C@H](F)[C@@H]2OP(O)(=S)OCC2O[C@@H](n3cnc4c(N)ncnc43)[C@H](F)[C@@H]2O1. The summed E-state index contributed by atoms with van der Waals surface area (Å²) in [5.41, 5.74) is 12.0. The number of fused-ring (bicyclic) bond motifs is 4. The normalized spacial score (nSPS) is 39.0. The fraction of sp³-hybridized carbons (Fsp3) is 0.524. The number of alkyl halides is 2. The molecule has 3 fully saturated rings. The van der Waals surface area contributed by atoms with E-state index >= 15 is 8.78 Å². The number of nitrogen functional groups attached to an aromatic ring is 1. The van der Waals surface area contributed by atoms with E-state index in [-0.39, 0.29) is 40.7 Å². The lowest BCUT2D eigenvalue weighted by Crippen LogP contribution is -2.37. The molecule has 0 amide bonds. The molecule has 24 heteroatoms. The Morgan fingerprint density at radius 2 is 1.62 bits per heavy atom.